The van der Waals surface area contributed by atoms with Crippen molar-refractivity contribution in [2.45, 2.75) is 49.9 Å². The Kier molecular flexibility index (Phi) is 10.2. The average molecular weight is 429 g/mol. The molecule has 0 spiro atoms. The van der Waals surface area contributed by atoms with Crippen molar-refractivity contribution in [2.75, 3.05) is 18.1 Å². The van der Waals surface area contributed by atoms with Gasteiger partial charge in [-0.2, -0.15) is 11.8 Å². The summed E-state index contributed by atoms with van der Waals surface area (Å²) in [6.07, 6.45) is 9.31. The highest BCUT2D eigenvalue weighted by Crippen LogP contribution is 2.33. The molecule has 2 heterocycles. The molecule has 27 heavy (non-hydrogen) atoms. The van der Waals surface area contributed by atoms with E-state index in [1.807, 2.05) is 36.9 Å². The van der Waals surface area contributed by atoms with E-state index in [1.54, 1.807) is 21.6 Å². The Balaban J connectivity index is 1.48. The lowest BCUT2D eigenvalue weighted by atomic mass is 10.0. The topological polar surface area (TPSA) is 82.6 Å². The molecule has 0 aromatic carbocycles. The molecule has 3 amide bonds. The maximum absolute atomic E-state index is 11.9. The molecule has 2 rings (SSSR count). The third kappa shape index (κ3) is 7.83. The minimum Gasteiger partial charge on any atom is -0.355 e. The van der Waals surface area contributed by atoms with Crippen molar-refractivity contribution < 1.29 is 9.59 Å². The first kappa shape index (κ1) is 22.2. The molecule has 2 saturated heterocycles. The quantitative estimate of drug-likeness (QED) is 0.146. The van der Waals surface area contributed by atoms with Gasteiger partial charge in [0.1, 0.15) is 5.03 Å². The highest BCUT2D eigenvalue weighted by Gasteiger charge is 2.42. The molecule has 0 bridgehead atoms. The number of unbranched alkanes of at least 4 members (excludes halogenated alkanes) is 1. The molecule has 0 saturated carbocycles. The number of amides is 3. The van der Waals surface area contributed by atoms with Crippen LogP contribution >= 0.6 is 33.3 Å². The summed E-state index contributed by atoms with van der Waals surface area (Å²) < 4.78 is 0. The molecule has 2 fully saturated rings. The van der Waals surface area contributed by atoms with Crippen LogP contribution in [0.5, 0.6) is 0 Å². The first-order valence-electron chi connectivity index (χ1n) is 9.18. The standard InChI is InChI=1S/C18H28N4O2S3/c1-3-4-9-16(19-2)27-26-11-10-20-15(23)8-6-5-7-14-17-13(12-25-14)21-18(24)22-17/h3-4,9,13-14,17H,2,5-8,10-12H2,1H3,(H,20,23)(H2,21,22,24)/b4-3-,16-9+. The van der Waals surface area contributed by atoms with Gasteiger partial charge in [0.15, 0.2) is 0 Å². The Morgan fingerprint density at radius 2 is 2.30 bits per heavy atom. The molecular formula is C18H28N4O2S3. The number of fused-ring (bicyclic) bond motifs is 1. The van der Waals surface area contributed by atoms with Crippen molar-refractivity contribution in [3.63, 3.8) is 0 Å². The maximum Gasteiger partial charge on any atom is 0.315 e. The van der Waals surface area contributed by atoms with Gasteiger partial charge in [-0.25, -0.2) is 4.79 Å². The first-order valence-corrected chi connectivity index (χ1v) is 12.5. The van der Waals surface area contributed by atoms with E-state index in [0.29, 0.717) is 18.2 Å². The summed E-state index contributed by atoms with van der Waals surface area (Å²) in [6.45, 7) is 6.16. The van der Waals surface area contributed by atoms with E-state index >= 15 is 0 Å². The second-order valence-electron chi connectivity index (χ2n) is 6.31. The van der Waals surface area contributed by atoms with Crippen LogP contribution in [0.2, 0.25) is 0 Å². The maximum atomic E-state index is 11.9. The van der Waals surface area contributed by atoms with Crippen molar-refractivity contribution in [1.82, 2.24) is 16.0 Å². The monoisotopic (exact) mass is 428 g/mol. The van der Waals surface area contributed by atoms with E-state index in [2.05, 4.69) is 27.7 Å². The largest absolute Gasteiger partial charge is 0.355 e. The summed E-state index contributed by atoms with van der Waals surface area (Å²) in [7, 11) is 3.22. The fourth-order valence-corrected chi connectivity index (χ4v) is 6.29. The summed E-state index contributed by atoms with van der Waals surface area (Å²) in [5, 5.41) is 10.3. The van der Waals surface area contributed by atoms with Crippen molar-refractivity contribution in [2.24, 2.45) is 4.99 Å². The van der Waals surface area contributed by atoms with Gasteiger partial charge in [0.25, 0.3) is 0 Å². The molecule has 2 aliphatic rings. The second kappa shape index (κ2) is 12.4. The summed E-state index contributed by atoms with van der Waals surface area (Å²) in [4.78, 5) is 27.2. The van der Waals surface area contributed by atoms with E-state index in [1.165, 1.54) is 0 Å². The molecule has 0 aromatic heterocycles. The number of carbonyl (C=O) groups is 2. The lowest BCUT2D eigenvalue weighted by molar-refractivity contribution is -0.121. The van der Waals surface area contributed by atoms with Crippen LogP contribution in [0.15, 0.2) is 28.2 Å². The van der Waals surface area contributed by atoms with Crippen LogP contribution in [0.4, 0.5) is 4.79 Å². The highest BCUT2D eigenvalue weighted by atomic mass is 33.1. The third-order valence-electron chi connectivity index (χ3n) is 4.32. The first-order chi connectivity index (χ1) is 13.1. The smallest absolute Gasteiger partial charge is 0.315 e. The number of nitrogens with one attached hydrogen (secondary N) is 3. The van der Waals surface area contributed by atoms with Crippen LogP contribution in [-0.4, -0.2) is 54.0 Å². The SMILES string of the molecule is C=N/C(=C\C=C/C)SSCCNC(=O)CCCCC1SCC2NC(=O)NC21. The van der Waals surface area contributed by atoms with Crippen LogP contribution in [-0.2, 0) is 4.79 Å². The predicted molar refractivity (Wildman–Crippen MR) is 119 cm³/mol. The Morgan fingerprint density at radius 3 is 3.07 bits per heavy atom. The predicted octanol–water partition coefficient (Wildman–Crippen LogP) is 3.33. The normalized spacial score (nSPS) is 24.6. The lowest BCUT2D eigenvalue weighted by Crippen LogP contribution is -2.36. The van der Waals surface area contributed by atoms with Crippen molar-refractivity contribution >= 4 is 52.0 Å². The number of urea groups is 1. The van der Waals surface area contributed by atoms with Gasteiger partial charge >= 0.3 is 6.03 Å². The molecule has 3 N–H and O–H groups in total. The summed E-state index contributed by atoms with van der Waals surface area (Å²) in [5.41, 5.74) is 0. The number of rotatable bonds is 12. The van der Waals surface area contributed by atoms with E-state index in [9.17, 15) is 9.59 Å². The summed E-state index contributed by atoms with van der Waals surface area (Å²) in [5.74, 6) is 1.92. The van der Waals surface area contributed by atoms with Crippen LogP contribution in [0.1, 0.15) is 32.6 Å². The minimum atomic E-state index is -0.0426. The number of carbonyl (C=O) groups excluding carboxylic acids is 2. The number of allylic oxidation sites excluding steroid dienone is 3. The fraction of sp³-hybridized carbons (Fsp3) is 0.611. The van der Waals surface area contributed by atoms with Gasteiger partial charge < -0.3 is 16.0 Å². The van der Waals surface area contributed by atoms with Crippen molar-refractivity contribution in [1.29, 1.82) is 0 Å². The number of thioether (sulfide) groups is 1. The summed E-state index contributed by atoms with van der Waals surface area (Å²) in [6, 6.07) is 0.484. The number of hydrogen-bond donors (Lipinski definition) is 3. The molecule has 3 atom stereocenters. The zero-order valence-electron chi connectivity index (χ0n) is 15.6. The molecule has 0 aromatic rings. The molecule has 2 aliphatic heterocycles. The molecule has 3 unspecified atom stereocenters. The Hall–Kier alpha value is -1.06. The zero-order chi connectivity index (χ0) is 19.5. The third-order valence-corrected chi connectivity index (χ3v) is 8.12. The van der Waals surface area contributed by atoms with Gasteiger partial charge in [-0.15, -0.1) is 0 Å². The average Bonchev–Trinajstić information content (AvgIpc) is 3.20. The van der Waals surface area contributed by atoms with E-state index in [4.69, 9.17) is 0 Å². The van der Waals surface area contributed by atoms with Crippen molar-refractivity contribution in [3.05, 3.63) is 23.3 Å². The highest BCUT2D eigenvalue weighted by molar-refractivity contribution is 8.78. The number of aliphatic imine (C=N–C) groups is 1. The molecular weight excluding hydrogens is 400 g/mol. The Labute approximate surface area is 173 Å². The molecule has 9 heteroatoms. The molecule has 6 nitrogen and oxygen atoms in total. The van der Waals surface area contributed by atoms with Crippen LogP contribution in [0, 0.1) is 0 Å². The van der Waals surface area contributed by atoms with Gasteiger partial charge in [0, 0.05) is 29.7 Å². The van der Waals surface area contributed by atoms with Gasteiger partial charge in [-0.05, 0) is 43.4 Å². The number of nitrogens with zero attached hydrogens (tertiary/aromatic N) is 1. The molecule has 0 aliphatic carbocycles. The van der Waals surface area contributed by atoms with E-state index in [0.717, 1.165) is 35.8 Å². The zero-order valence-corrected chi connectivity index (χ0v) is 18.1. The Bertz CT molecular complexity index is 583. The van der Waals surface area contributed by atoms with Gasteiger partial charge in [0.2, 0.25) is 5.91 Å². The van der Waals surface area contributed by atoms with Crippen LogP contribution < -0.4 is 16.0 Å². The van der Waals surface area contributed by atoms with Gasteiger partial charge in [0.05, 0.1) is 12.1 Å². The molecule has 150 valence electrons. The van der Waals surface area contributed by atoms with Gasteiger partial charge in [-0.1, -0.05) is 29.4 Å². The molecule has 0 radical (unpaired) electrons. The fourth-order valence-electron chi connectivity index (χ4n) is 2.98. The van der Waals surface area contributed by atoms with E-state index < -0.39 is 0 Å². The lowest BCUT2D eigenvalue weighted by Gasteiger charge is -2.16. The van der Waals surface area contributed by atoms with Crippen LogP contribution in [0.25, 0.3) is 0 Å². The number of hydrogen-bond acceptors (Lipinski definition) is 6. The van der Waals surface area contributed by atoms with Gasteiger partial charge in [-0.3, -0.25) is 9.79 Å². The van der Waals surface area contributed by atoms with Crippen LogP contribution in [0.3, 0.4) is 0 Å². The van der Waals surface area contributed by atoms with E-state index in [-0.39, 0.29) is 24.0 Å². The van der Waals surface area contributed by atoms with Crippen molar-refractivity contribution in [3.8, 4) is 0 Å². The minimum absolute atomic E-state index is 0.0426. The Morgan fingerprint density at radius 1 is 1.44 bits per heavy atom. The second-order valence-corrected chi connectivity index (χ2v) is 10.0. The summed E-state index contributed by atoms with van der Waals surface area (Å²) >= 11 is 1.92.